The molecule has 7 heteroatoms. The van der Waals surface area contributed by atoms with E-state index in [0.717, 1.165) is 4.47 Å². The maximum atomic E-state index is 11.8. The fourth-order valence-corrected chi connectivity index (χ4v) is 2.02. The normalized spacial score (nSPS) is 10.3. The van der Waals surface area contributed by atoms with Gasteiger partial charge in [0.05, 0.1) is 19.9 Å². The lowest BCUT2D eigenvalue weighted by molar-refractivity contribution is 0.0589. The third-order valence-corrected chi connectivity index (χ3v) is 3.08. The van der Waals surface area contributed by atoms with E-state index in [1.165, 1.54) is 11.8 Å². The number of carbonyl (C=O) groups is 1. The average Bonchev–Trinajstić information content (AvgIpc) is 2.79. The van der Waals surface area contributed by atoms with Crippen LogP contribution in [0, 0.1) is 6.92 Å². The summed E-state index contributed by atoms with van der Waals surface area (Å²) in [5.41, 5.74) is 1.40. The molecule has 1 aromatic heterocycles. The monoisotopic (exact) mass is 325 g/mol. The number of esters is 1. The van der Waals surface area contributed by atoms with Gasteiger partial charge in [0, 0.05) is 4.47 Å². The van der Waals surface area contributed by atoms with Crippen molar-refractivity contribution in [2.75, 3.05) is 14.2 Å². The van der Waals surface area contributed by atoms with Crippen molar-refractivity contribution in [3.8, 4) is 11.4 Å². The number of methoxy groups -OCH3 is 2. The Kier molecular flexibility index (Phi) is 3.84. The predicted molar refractivity (Wildman–Crippen MR) is 71.7 cm³/mol. The summed E-state index contributed by atoms with van der Waals surface area (Å²) in [4.78, 5) is 11.8. The molecule has 0 radical (unpaired) electrons. The molecule has 0 fully saturated rings. The van der Waals surface area contributed by atoms with Gasteiger partial charge in [-0.3, -0.25) is 0 Å². The topological polar surface area (TPSA) is 66.2 Å². The number of nitrogens with zero attached hydrogens (tertiary/aromatic N) is 3. The van der Waals surface area contributed by atoms with Crippen LogP contribution >= 0.6 is 15.9 Å². The zero-order valence-corrected chi connectivity index (χ0v) is 12.3. The van der Waals surface area contributed by atoms with Crippen LogP contribution in [0.5, 0.6) is 5.75 Å². The Balaban J connectivity index is 2.63. The molecule has 0 spiro atoms. The molecular formula is C12H12BrN3O3. The zero-order valence-electron chi connectivity index (χ0n) is 10.7. The van der Waals surface area contributed by atoms with Crippen molar-refractivity contribution in [3.05, 3.63) is 34.1 Å². The number of aromatic nitrogens is 3. The Morgan fingerprint density at radius 2 is 2.11 bits per heavy atom. The highest BCUT2D eigenvalue weighted by Gasteiger charge is 2.21. The highest BCUT2D eigenvalue weighted by molar-refractivity contribution is 9.10. The van der Waals surface area contributed by atoms with E-state index in [2.05, 4.69) is 26.2 Å². The molecule has 0 unspecified atom stereocenters. The Bertz CT molecular complexity index is 625. The van der Waals surface area contributed by atoms with Crippen LogP contribution in [0.15, 0.2) is 22.7 Å². The molecule has 0 aliphatic carbocycles. The molecule has 0 aliphatic rings. The number of rotatable bonds is 3. The van der Waals surface area contributed by atoms with E-state index in [9.17, 15) is 4.79 Å². The lowest BCUT2D eigenvalue weighted by atomic mass is 10.2. The van der Waals surface area contributed by atoms with E-state index in [1.54, 1.807) is 26.2 Å². The first-order valence-corrected chi connectivity index (χ1v) is 6.22. The second kappa shape index (κ2) is 5.40. The molecule has 0 saturated carbocycles. The molecule has 0 saturated heterocycles. The van der Waals surface area contributed by atoms with Crippen molar-refractivity contribution in [2.45, 2.75) is 6.92 Å². The van der Waals surface area contributed by atoms with E-state index >= 15 is 0 Å². The smallest absolute Gasteiger partial charge is 0.358 e. The third kappa shape index (κ3) is 2.46. The molecule has 100 valence electrons. The highest BCUT2D eigenvalue weighted by Crippen LogP contribution is 2.27. The van der Waals surface area contributed by atoms with Gasteiger partial charge in [-0.05, 0) is 25.1 Å². The molecule has 1 heterocycles. The minimum Gasteiger partial charge on any atom is -0.494 e. The quantitative estimate of drug-likeness (QED) is 0.809. The second-order valence-corrected chi connectivity index (χ2v) is 4.66. The van der Waals surface area contributed by atoms with Crippen molar-refractivity contribution in [1.82, 2.24) is 15.0 Å². The first kappa shape index (κ1) is 13.5. The molecule has 1 aromatic carbocycles. The van der Waals surface area contributed by atoms with Crippen molar-refractivity contribution in [2.24, 2.45) is 0 Å². The van der Waals surface area contributed by atoms with Gasteiger partial charge in [0.25, 0.3) is 0 Å². The van der Waals surface area contributed by atoms with Gasteiger partial charge in [-0.25, -0.2) is 9.48 Å². The summed E-state index contributed by atoms with van der Waals surface area (Å²) in [5, 5.41) is 7.87. The predicted octanol–water partition coefficient (Wildman–Crippen LogP) is 2.13. The van der Waals surface area contributed by atoms with Gasteiger partial charge in [0.15, 0.2) is 5.69 Å². The van der Waals surface area contributed by atoms with Gasteiger partial charge in [0.2, 0.25) is 0 Å². The minimum absolute atomic E-state index is 0.281. The van der Waals surface area contributed by atoms with Crippen molar-refractivity contribution >= 4 is 21.9 Å². The fourth-order valence-electron chi connectivity index (χ4n) is 1.68. The summed E-state index contributed by atoms with van der Waals surface area (Å²) in [6.45, 7) is 1.70. The van der Waals surface area contributed by atoms with E-state index in [1.807, 2.05) is 6.07 Å². The van der Waals surface area contributed by atoms with E-state index in [-0.39, 0.29) is 5.69 Å². The summed E-state index contributed by atoms with van der Waals surface area (Å²) in [5.74, 6) is 0.0805. The molecule has 0 N–H and O–H groups in total. The van der Waals surface area contributed by atoms with Crippen LogP contribution in [0.25, 0.3) is 5.69 Å². The van der Waals surface area contributed by atoms with Gasteiger partial charge in [-0.15, -0.1) is 5.10 Å². The van der Waals surface area contributed by atoms with E-state index < -0.39 is 5.97 Å². The minimum atomic E-state index is -0.493. The molecule has 6 nitrogen and oxygen atoms in total. The lowest BCUT2D eigenvalue weighted by Crippen LogP contribution is -2.12. The summed E-state index contributed by atoms with van der Waals surface area (Å²) >= 11 is 3.36. The number of hydrogen-bond acceptors (Lipinski definition) is 5. The lowest BCUT2D eigenvalue weighted by Gasteiger charge is -2.10. The van der Waals surface area contributed by atoms with Crippen LogP contribution in [0.2, 0.25) is 0 Å². The summed E-state index contributed by atoms with van der Waals surface area (Å²) in [7, 11) is 2.87. The maximum Gasteiger partial charge on any atom is 0.358 e. The Labute approximate surface area is 118 Å². The number of aryl methyl sites for hydroxylation is 1. The summed E-state index contributed by atoms with van der Waals surface area (Å²) in [6.07, 6.45) is 0. The molecule has 0 aliphatic heterocycles. The van der Waals surface area contributed by atoms with Crippen LogP contribution in [0.1, 0.15) is 16.2 Å². The number of carbonyl (C=O) groups excluding carboxylic acids is 1. The molecule has 2 aromatic rings. The molecule has 0 bridgehead atoms. The Morgan fingerprint density at radius 1 is 1.37 bits per heavy atom. The van der Waals surface area contributed by atoms with Crippen LogP contribution in [-0.2, 0) is 4.74 Å². The van der Waals surface area contributed by atoms with Crippen LogP contribution in [0.3, 0.4) is 0 Å². The SMILES string of the molecule is COC(=O)c1c(C)nnn1-c1ccc(Br)cc1OC. The van der Waals surface area contributed by atoms with Gasteiger partial charge >= 0.3 is 5.97 Å². The molecule has 0 amide bonds. The van der Waals surface area contributed by atoms with Crippen LogP contribution < -0.4 is 4.74 Å². The van der Waals surface area contributed by atoms with Gasteiger partial charge in [-0.2, -0.15) is 0 Å². The number of hydrogen-bond donors (Lipinski definition) is 0. The maximum absolute atomic E-state index is 11.8. The van der Waals surface area contributed by atoms with Gasteiger partial charge in [-0.1, -0.05) is 21.1 Å². The molecular weight excluding hydrogens is 314 g/mol. The number of benzene rings is 1. The summed E-state index contributed by atoms with van der Waals surface area (Å²) < 4.78 is 12.3. The van der Waals surface area contributed by atoms with Crippen molar-refractivity contribution < 1.29 is 14.3 Å². The standard InChI is InChI=1S/C12H12BrN3O3/c1-7-11(12(17)19-3)16(15-14-7)9-5-4-8(13)6-10(9)18-2/h4-6H,1-3H3. The van der Waals surface area contributed by atoms with Gasteiger partial charge in [0.1, 0.15) is 11.4 Å². The second-order valence-electron chi connectivity index (χ2n) is 3.74. The fraction of sp³-hybridized carbons (Fsp3) is 0.250. The van der Waals surface area contributed by atoms with Crippen molar-refractivity contribution in [1.29, 1.82) is 0 Å². The Hall–Kier alpha value is -1.89. The molecule has 19 heavy (non-hydrogen) atoms. The first-order chi connectivity index (χ1) is 9.08. The average molecular weight is 326 g/mol. The largest absolute Gasteiger partial charge is 0.494 e. The first-order valence-electron chi connectivity index (χ1n) is 5.43. The van der Waals surface area contributed by atoms with Gasteiger partial charge < -0.3 is 9.47 Å². The van der Waals surface area contributed by atoms with Crippen LogP contribution in [0.4, 0.5) is 0 Å². The molecule has 2 rings (SSSR count). The summed E-state index contributed by atoms with van der Waals surface area (Å²) in [6, 6.07) is 5.40. The third-order valence-electron chi connectivity index (χ3n) is 2.59. The van der Waals surface area contributed by atoms with Crippen molar-refractivity contribution in [3.63, 3.8) is 0 Å². The number of ether oxygens (including phenoxy) is 2. The number of halogens is 1. The van der Waals surface area contributed by atoms with E-state index in [4.69, 9.17) is 9.47 Å². The Morgan fingerprint density at radius 3 is 2.74 bits per heavy atom. The zero-order chi connectivity index (χ0) is 14.0. The van der Waals surface area contributed by atoms with E-state index in [0.29, 0.717) is 17.1 Å². The highest BCUT2D eigenvalue weighted by atomic mass is 79.9. The van der Waals surface area contributed by atoms with Crippen LogP contribution in [-0.4, -0.2) is 35.2 Å². The molecule has 0 atom stereocenters.